The van der Waals surface area contributed by atoms with Gasteiger partial charge >= 0.3 is 0 Å². The van der Waals surface area contributed by atoms with Crippen LogP contribution < -0.4 is 15.0 Å². The van der Waals surface area contributed by atoms with Crippen LogP contribution in [-0.2, 0) is 9.84 Å². The first-order valence-electron chi connectivity index (χ1n) is 7.64. The van der Waals surface area contributed by atoms with Crippen LogP contribution in [0.25, 0.3) is 0 Å². The maximum atomic E-state index is 11.7. The maximum Gasteiger partial charge on any atom is 0.229 e. The summed E-state index contributed by atoms with van der Waals surface area (Å²) in [6.07, 6.45) is 2.29. The first-order valence-corrected chi connectivity index (χ1v) is 9.46. The molecule has 0 saturated carbocycles. The number of benzene rings is 1. The van der Waals surface area contributed by atoms with Crippen molar-refractivity contribution in [2.75, 3.05) is 35.9 Å². The zero-order valence-corrected chi connectivity index (χ0v) is 14.5. The molecule has 0 aliphatic carbocycles. The van der Waals surface area contributed by atoms with Crippen LogP contribution in [0.2, 0.25) is 0 Å². The van der Waals surface area contributed by atoms with Crippen LogP contribution in [0.5, 0.6) is 5.75 Å². The van der Waals surface area contributed by atoms with E-state index in [-0.39, 0.29) is 17.5 Å². The van der Waals surface area contributed by atoms with E-state index < -0.39 is 9.84 Å². The van der Waals surface area contributed by atoms with Gasteiger partial charge in [0.25, 0.3) is 0 Å². The van der Waals surface area contributed by atoms with Crippen molar-refractivity contribution < 1.29 is 13.2 Å². The molecule has 7 nitrogen and oxygen atoms in total. The lowest BCUT2D eigenvalue weighted by Crippen LogP contribution is -2.33. The van der Waals surface area contributed by atoms with E-state index in [2.05, 4.69) is 15.3 Å². The fourth-order valence-electron chi connectivity index (χ4n) is 2.68. The van der Waals surface area contributed by atoms with Crippen LogP contribution in [0, 0.1) is 0 Å². The average molecular weight is 348 g/mol. The van der Waals surface area contributed by atoms with Gasteiger partial charge in [0.2, 0.25) is 5.95 Å². The molecule has 0 bridgehead atoms. The summed E-state index contributed by atoms with van der Waals surface area (Å²) in [6.45, 7) is 0. The van der Waals surface area contributed by atoms with Gasteiger partial charge in [0, 0.05) is 25.0 Å². The van der Waals surface area contributed by atoms with Crippen LogP contribution in [0.3, 0.4) is 0 Å². The highest BCUT2D eigenvalue weighted by molar-refractivity contribution is 7.91. The van der Waals surface area contributed by atoms with Crippen molar-refractivity contribution in [1.29, 1.82) is 0 Å². The van der Waals surface area contributed by atoms with E-state index in [1.54, 1.807) is 19.4 Å². The number of ether oxygens (including phenoxy) is 1. The molecule has 0 radical (unpaired) electrons. The summed E-state index contributed by atoms with van der Waals surface area (Å²) in [4.78, 5) is 10.6. The van der Waals surface area contributed by atoms with Gasteiger partial charge in [-0.25, -0.2) is 13.4 Å². The van der Waals surface area contributed by atoms with Crippen molar-refractivity contribution in [3.8, 4) is 5.75 Å². The Kier molecular flexibility index (Phi) is 4.57. The Morgan fingerprint density at radius 2 is 2.00 bits per heavy atom. The van der Waals surface area contributed by atoms with Gasteiger partial charge in [0.15, 0.2) is 9.84 Å². The molecule has 1 saturated heterocycles. The summed E-state index contributed by atoms with van der Waals surface area (Å²) in [6, 6.07) is 9.19. The van der Waals surface area contributed by atoms with E-state index in [4.69, 9.17) is 4.74 Å². The minimum absolute atomic E-state index is 0.0428. The standard InChI is InChI=1S/C16H20N4O3S/c1-20(13-8-10-24(21,22)11-13)15-7-9-17-16(19-15)18-12-3-5-14(23-2)6-4-12/h3-7,9,13H,8,10-11H2,1-2H3,(H,17,18,19). The van der Waals surface area contributed by atoms with Gasteiger partial charge in [0.05, 0.1) is 18.6 Å². The smallest absolute Gasteiger partial charge is 0.229 e. The van der Waals surface area contributed by atoms with Gasteiger partial charge in [-0.15, -0.1) is 0 Å². The molecule has 3 rings (SSSR count). The first-order chi connectivity index (χ1) is 11.5. The van der Waals surface area contributed by atoms with E-state index in [0.717, 1.165) is 11.4 Å². The Morgan fingerprint density at radius 3 is 2.62 bits per heavy atom. The van der Waals surface area contributed by atoms with Crippen molar-refractivity contribution in [2.45, 2.75) is 12.5 Å². The average Bonchev–Trinajstić information content (AvgIpc) is 2.95. The largest absolute Gasteiger partial charge is 0.497 e. The SMILES string of the molecule is COc1ccc(Nc2nccc(N(C)C3CCS(=O)(=O)C3)n2)cc1. The van der Waals surface area contributed by atoms with Crippen LogP contribution in [0.4, 0.5) is 17.5 Å². The molecule has 1 N–H and O–H groups in total. The molecule has 1 aromatic carbocycles. The molecule has 1 aliphatic heterocycles. The van der Waals surface area contributed by atoms with Crippen molar-refractivity contribution >= 4 is 27.3 Å². The van der Waals surface area contributed by atoms with E-state index in [9.17, 15) is 8.42 Å². The molecule has 1 fully saturated rings. The predicted octanol–water partition coefficient (Wildman–Crippen LogP) is 1.85. The van der Waals surface area contributed by atoms with Crippen molar-refractivity contribution in [1.82, 2.24) is 9.97 Å². The third kappa shape index (κ3) is 3.76. The molecule has 1 aromatic heterocycles. The lowest BCUT2D eigenvalue weighted by Gasteiger charge is -2.24. The number of aromatic nitrogens is 2. The van der Waals surface area contributed by atoms with Crippen LogP contribution in [-0.4, -0.2) is 50.1 Å². The molecule has 2 aromatic rings. The van der Waals surface area contributed by atoms with E-state index >= 15 is 0 Å². The fourth-order valence-corrected chi connectivity index (χ4v) is 4.45. The zero-order valence-electron chi connectivity index (χ0n) is 13.6. The molecule has 2 heterocycles. The number of methoxy groups -OCH3 is 1. The quantitative estimate of drug-likeness (QED) is 0.882. The minimum atomic E-state index is -2.93. The molecule has 128 valence electrons. The van der Waals surface area contributed by atoms with Gasteiger partial charge in [-0.3, -0.25) is 0 Å². The van der Waals surface area contributed by atoms with Gasteiger partial charge in [-0.05, 0) is 36.8 Å². The molecule has 0 spiro atoms. The third-order valence-corrected chi connectivity index (χ3v) is 5.85. The molecule has 24 heavy (non-hydrogen) atoms. The second-order valence-corrected chi connectivity index (χ2v) is 7.99. The lowest BCUT2D eigenvalue weighted by molar-refractivity contribution is 0.415. The Bertz CT molecular complexity index is 808. The number of nitrogens with zero attached hydrogens (tertiary/aromatic N) is 3. The Hall–Kier alpha value is -2.35. The monoisotopic (exact) mass is 348 g/mol. The number of hydrogen-bond acceptors (Lipinski definition) is 7. The number of hydrogen-bond donors (Lipinski definition) is 1. The van der Waals surface area contributed by atoms with Gasteiger partial charge in [-0.2, -0.15) is 4.98 Å². The maximum absolute atomic E-state index is 11.7. The lowest BCUT2D eigenvalue weighted by atomic mass is 10.2. The first kappa shape index (κ1) is 16.5. The number of sulfone groups is 1. The number of rotatable bonds is 5. The second kappa shape index (κ2) is 6.64. The highest BCUT2D eigenvalue weighted by atomic mass is 32.2. The van der Waals surface area contributed by atoms with Crippen LogP contribution in [0.1, 0.15) is 6.42 Å². The van der Waals surface area contributed by atoms with Crippen molar-refractivity contribution in [2.24, 2.45) is 0 Å². The van der Waals surface area contributed by atoms with E-state index in [1.807, 2.05) is 36.2 Å². The summed E-state index contributed by atoms with van der Waals surface area (Å²) >= 11 is 0. The van der Waals surface area contributed by atoms with Gasteiger partial charge < -0.3 is 15.0 Å². The third-order valence-electron chi connectivity index (χ3n) is 4.10. The van der Waals surface area contributed by atoms with Crippen molar-refractivity contribution in [3.63, 3.8) is 0 Å². The highest BCUT2D eigenvalue weighted by Crippen LogP contribution is 2.23. The zero-order chi connectivity index (χ0) is 17.2. The summed E-state index contributed by atoms with van der Waals surface area (Å²) < 4.78 is 28.4. The van der Waals surface area contributed by atoms with E-state index in [1.165, 1.54) is 0 Å². The minimum Gasteiger partial charge on any atom is -0.497 e. The number of anilines is 3. The Labute approximate surface area is 141 Å². The number of nitrogens with one attached hydrogen (secondary N) is 1. The summed E-state index contributed by atoms with van der Waals surface area (Å²) in [7, 11) is 0.559. The predicted molar refractivity (Wildman–Crippen MR) is 93.8 cm³/mol. The highest BCUT2D eigenvalue weighted by Gasteiger charge is 2.31. The second-order valence-electron chi connectivity index (χ2n) is 5.76. The molecular formula is C16H20N4O3S. The molecule has 8 heteroatoms. The molecule has 0 amide bonds. The van der Waals surface area contributed by atoms with E-state index in [0.29, 0.717) is 18.2 Å². The van der Waals surface area contributed by atoms with Crippen molar-refractivity contribution in [3.05, 3.63) is 36.5 Å². The Balaban J connectivity index is 1.73. The molecular weight excluding hydrogens is 328 g/mol. The summed E-state index contributed by atoms with van der Waals surface area (Å²) in [5.41, 5.74) is 0.846. The Morgan fingerprint density at radius 1 is 1.25 bits per heavy atom. The summed E-state index contributed by atoms with van der Waals surface area (Å²) in [5, 5.41) is 3.13. The molecule has 1 atom stereocenters. The summed E-state index contributed by atoms with van der Waals surface area (Å²) in [5.74, 6) is 2.35. The molecule has 1 unspecified atom stereocenters. The van der Waals surface area contributed by atoms with Crippen LogP contribution in [0.15, 0.2) is 36.5 Å². The fraction of sp³-hybridized carbons (Fsp3) is 0.375. The van der Waals surface area contributed by atoms with Gasteiger partial charge in [0.1, 0.15) is 11.6 Å². The topological polar surface area (TPSA) is 84.4 Å². The molecule has 1 aliphatic rings. The van der Waals surface area contributed by atoms with Gasteiger partial charge in [-0.1, -0.05) is 0 Å². The normalized spacial score (nSPS) is 19.0. The van der Waals surface area contributed by atoms with Crippen LogP contribution >= 0.6 is 0 Å².